The van der Waals surface area contributed by atoms with Crippen LogP contribution in [-0.2, 0) is 0 Å². The van der Waals surface area contributed by atoms with E-state index in [2.05, 4.69) is 15.0 Å². The van der Waals surface area contributed by atoms with Crippen molar-refractivity contribution in [3.63, 3.8) is 0 Å². The lowest BCUT2D eigenvalue weighted by atomic mass is 9.98. The average Bonchev–Trinajstić information content (AvgIpc) is 2.67. The molecular formula is C20H15N3. The number of hydrogen-bond donors (Lipinski definition) is 0. The van der Waals surface area contributed by atoms with E-state index in [4.69, 9.17) is 4.11 Å². The van der Waals surface area contributed by atoms with Crippen molar-refractivity contribution in [3.8, 4) is 22.4 Å². The number of pyridine rings is 1. The maximum Gasteiger partial charge on any atom is 0.0892 e. The molecule has 0 fully saturated rings. The Balaban J connectivity index is 1.87. The molecule has 2 heterocycles. The van der Waals surface area contributed by atoms with Crippen LogP contribution in [0.1, 0.15) is 9.68 Å². The van der Waals surface area contributed by atoms with E-state index in [9.17, 15) is 0 Å². The van der Waals surface area contributed by atoms with Gasteiger partial charge in [0.05, 0.1) is 16.7 Å². The van der Waals surface area contributed by atoms with Crippen LogP contribution in [-0.4, -0.2) is 15.0 Å². The molecule has 0 bridgehead atoms. The summed E-state index contributed by atoms with van der Waals surface area (Å²) in [5.74, 6) is 0. The highest BCUT2D eigenvalue weighted by molar-refractivity contribution is 5.86. The number of benzene rings is 2. The molecule has 4 rings (SSSR count). The first-order valence-corrected chi connectivity index (χ1v) is 7.29. The van der Waals surface area contributed by atoms with Gasteiger partial charge in [0.2, 0.25) is 0 Å². The SMILES string of the molecule is [2H]C([2H])([2H])c1cccc(-c2ncccc2-c2ccc3nccnc3c2)c1. The van der Waals surface area contributed by atoms with Crippen molar-refractivity contribution in [2.75, 3.05) is 0 Å². The van der Waals surface area contributed by atoms with Gasteiger partial charge in [0.25, 0.3) is 0 Å². The number of fused-ring (bicyclic) bond motifs is 1. The zero-order valence-corrected chi connectivity index (χ0v) is 12.3. The van der Waals surface area contributed by atoms with E-state index in [1.54, 1.807) is 36.8 Å². The molecule has 0 aliphatic heterocycles. The van der Waals surface area contributed by atoms with Crippen LogP contribution in [0.5, 0.6) is 0 Å². The van der Waals surface area contributed by atoms with E-state index in [0.717, 1.165) is 33.4 Å². The monoisotopic (exact) mass is 300 g/mol. The van der Waals surface area contributed by atoms with Crippen LogP contribution >= 0.6 is 0 Å². The van der Waals surface area contributed by atoms with E-state index in [1.165, 1.54) is 0 Å². The first-order valence-electron chi connectivity index (χ1n) is 8.79. The summed E-state index contributed by atoms with van der Waals surface area (Å²) in [6.45, 7) is -2.15. The quantitative estimate of drug-likeness (QED) is 0.540. The van der Waals surface area contributed by atoms with E-state index in [1.807, 2.05) is 36.4 Å². The van der Waals surface area contributed by atoms with Crippen LogP contribution < -0.4 is 0 Å². The molecule has 0 aliphatic carbocycles. The molecule has 0 aliphatic rings. The first kappa shape index (κ1) is 10.6. The number of rotatable bonds is 2. The number of aryl methyl sites for hydroxylation is 1. The fourth-order valence-electron chi connectivity index (χ4n) is 2.67. The Morgan fingerprint density at radius 2 is 1.65 bits per heavy atom. The molecule has 3 heteroatoms. The maximum absolute atomic E-state index is 7.64. The smallest absolute Gasteiger partial charge is 0.0892 e. The van der Waals surface area contributed by atoms with Crippen molar-refractivity contribution in [1.82, 2.24) is 15.0 Å². The minimum absolute atomic E-state index is 0.302. The van der Waals surface area contributed by atoms with Crippen LogP contribution in [0.4, 0.5) is 0 Å². The van der Waals surface area contributed by atoms with Gasteiger partial charge in [-0.2, -0.15) is 0 Å². The van der Waals surface area contributed by atoms with Crippen molar-refractivity contribution in [3.05, 3.63) is 78.8 Å². The van der Waals surface area contributed by atoms with Crippen LogP contribution in [0.15, 0.2) is 73.2 Å². The van der Waals surface area contributed by atoms with Gasteiger partial charge < -0.3 is 0 Å². The Hall–Kier alpha value is -3.07. The second-order valence-corrected chi connectivity index (χ2v) is 5.24. The molecule has 4 aromatic rings. The van der Waals surface area contributed by atoms with Gasteiger partial charge in [-0.25, -0.2) is 0 Å². The van der Waals surface area contributed by atoms with E-state index >= 15 is 0 Å². The molecule has 0 N–H and O–H groups in total. The molecule has 0 spiro atoms. The van der Waals surface area contributed by atoms with Gasteiger partial charge in [0.15, 0.2) is 0 Å². The number of nitrogens with zero attached hydrogens (tertiary/aromatic N) is 3. The fraction of sp³-hybridized carbons (Fsp3) is 0.0500. The Morgan fingerprint density at radius 3 is 2.57 bits per heavy atom. The van der Waals surface area contributed by atoms with Crippen LogP contribution in [0, 0.1) is 6.85 Å². The predicted octanol–water partition coefficient (Wildman–Crippen LogP) is 4.67. The lowest BCUT2D eigenvalue weighted by Gasteiger charge is -2.10. The summed E-state index contributed by atoms with van der Waals surface area (Å²) in [5.41, 5.74) is 5.32. The lowest BCUT2D eigenvalue weighted by molar-refractivity contribution is 1.29. The zero-order valence-electron chi connectivity index (χ0n) is 15.3. The Labute approximate surface area is 138 Å². The molecule has 0 unspecified atom stereocenters. The molecule has 3 nitrogen and oxygen atoms in total. The molecule has 0 saturated carbocycles. The molecule has 0 amide bonds. The second kappa shape index (κ2) is 5.61. The topological polar surface area (TPSA) is 38.7 Å². The highest BCUT2D eigenvalue weighted by atomic mass is 14.8. The van der Waals surface area contributed by atoms with Gasteiger partial charge in [0, 0.05) is 33.8 Å². The third-order valence-electron chi connectivity index (χ3n) is 3.72. The second-order valence-electron chi connectivity index (χ2n) is 5.24. The summed E-state index contributed by atoms with van der Waals surface area (Å²) in [4.78, 5) is 13.2. The number of hydrogen-bond acceptors (Lipinski definition) is 3. The van der Waals surface area contributed by atoms with E-state index < -0.39 is 6.85 Å². The molecule has 110 valence electrons. The summed E-state index contributed by atoms with van der Waals surface area (Å²) in [7, 11) is 0. The molecule has 0 saturated heterocycles. The minimum atomic E-state index is -2.15. The van der Waals surface area contributed by atoms with Gasteiger partial charge in [-0.1, -0.05) is 35.9 Å². The summed E-state index contributed by atoms with van der Waals surface area (Å²) < 4.78 is 22.9. The average molecular weight is 300 g/mol. The first-order chi connectivity index (χ1) is 12.5. The van der Waals surface area contributed by atoms with Crippen LogP contribution in [0.2, 0.25) is 0 Å². The summed E-state index contributed by atoms with van der Waals surface area (Å²) >= 11 is 0. The van der Waals surface area contributed by atoms with Crippen molar-refractivity contribution in [2.45, 2.75) is 6.85 Å². The summed E-state index contributed by atoms with van der Waals surface area (Å²) in [5, 5.41) is 0. The van der Waals surface area contributed by atoms with Crippen molar-refractivity contribution in [1.29, 1.82) is 0 Å². The summed E-state index contributed by atoms with van der Waals surface area (Å²) in [6.07, 6.45) is 5.04. The van der Waals surface area contributed by atoms with Gasteiger partial charge >= 0.3 is 0 Å². The Kier molecular flexibility index (Phi) is 2.59. The largest absolute Gasteiger partial charge is 0.256 e. The molecule has 2 aromatic carbocycles. The normalized spacial score (nSPS) is 13.3. The van der Waals surface area contributed by atoms with E-state index in [-0.39, 0.29) is 0 Å². The predicted molar refractivity (Wildman–Crippen MR) is 92.9 cm³/mol. The van der Waals surface area contributed by atoms with Gasteiger partial charge in [0.1, 0.15) is 0 Å². The fourth-order valence-corrected chi connectivity index (χ4v) is 2.67. The lowest BCUT2D eigenvalue weighted by Crippen LogP contribution is -1.90. The number of aromatic nitrogens is 3. The van der Waals surface area contributed by atoms with Crippen molar-refractivity contribution < 1.29 is 4.11 Å². The zero-order chi connectivity index (χ0) is 18.1. The maximum atomic E-state index is 7.64. The van der Waals surface area contributed by atoms with Gasteiger partial charge in [-0.15, -0.1) is 0 Å². The molecule has 23 heavy (non-hydrogen) atoms. The standard InChI is InChI=1S/C20H15N3/c1-14-4-2-5-16(12-14)20-17(6-3-9-23-20)15-7-8-18-19(13-15)22-11-10-21-18/h2-13H,1H3/i1D3. The molecule has 2 aromatic heterocycles. The Bertz CT molecular complexity index is 1090. The third kappa shape index (κ3) is 2.57. The highest BCUT2D eigenvalue weighted by Gasteiger charge is 2.09. The molecular weight excluding hydrogens is 282 g/mol. The highest BCUT2D eigenvalue weighted by Crippen LogP contribution is 2.31. The van der Waals surface area contributed by atoms with E-state index in [0.29, 0.717) is 5.56 Å². The summed E-state index contributed by atoms with van der Waals surface area (Å²) in [6, 6.07) is 16.6. The minimum Gasteiger partial charge on any atom is -0.256 e. The van der Waals surface area contributed by atoms with Gasteiger partial charge in [-0.05, 0) is 36.7 Å². The Morgan fingerprint density at radius 1 is 0.739 bits per heavy atom. The van der Waals surface area contributed by atoms with Crippen molar-refractivity contribution in [2.24, 2.45) is 0 Å². The third-order valence-corrected chi connectivity index (χ3v) is 3.72. The van der Waals surface area contributed by atoms with Crippen LogP contribution in [0.3, 0.4) is 0 Å². The molecule has 0 atom stereocenters. The van der Waals surface area contributed by atoms with Gasteiger partial charge in [-0.3, -0.25) is 15.0 Å². The molecule has 0 radical (unpaired) electrons. The van der Waals surface area contributed by atoms with Crippen LogP contribution in [0.25, 0.3) is 33.4 Å². The van der Waals surface area contributed by atoms with Crippen molar-refractivity contribution >= 4 is 11.0 Å².